The fraction of sp³-hybridized carbons (Fsp3) is 0.312. The maximum atomic E-state index is 12.9. The Hall–Kier alpha value is -1.85. The molecular formula is C16H18ClFN2O2. The maximum absolute atomic E-state index is 12.9. The number of hydrogen-bond acceptors (Lipinski definition) is 3. The Balaban J connectivity index is 0.00000176. The van der Waals surface area contributed by atoms with Crippen LogP contribution in [0.3, 0.4) is 0 Å². The molecule has 1 fully saturated rings. The molecule has 1 aliphatic rings. The molecule has 3 rings (SSSR count). The van der Waals surface area contributed by atoms with Gasteiger partial charge in [-0.25, -0.2) is 4.39 Å². The van der Waals surface area contributed by atoms with Crippen LogP contribution >= 0.6 is 12.4 Å². The highest BCUT2D eigenvalue weighted by Crippen LogP contribution is 2.23. The number of rotatable bonds is 2. The van der Waals surface area contributed by atoms with Gasteiger partial charge in [0.1, 0.15) is 11.6 Å². The van der Waals surface area contributed by atoms with Crippen molar-refractivity contribution in [2.24, 2.45) is 0 Å². The highest BCUT2D eigenvalue weighted by atomic mass is 35.5. The van der Waals surface area contributed by atoms with E-state index in [0.717, 1.165) is 31.6 Å². The van der Waals surface area contributed by atoms with Gasteiger partial charge in [-0.15, -0.1) is 12.4 Å². The summed E-state index contributed by atoms with van der Waals surface area (Å²) in [6.45, 7) is 3.16. The van der Waals surface area contributed by atoms with Crippen molar-refractivity contribution < 1.29 is 13.6 Å². The molecule has 1 N–H and O–H groups in total. The fourth-order valence-corrected chi connectivity index (χ4v) is 2.43. The average Bonchev–Trinajstić information content (AvgIpc) is 2.83. The van der Waals surface area contributed by atoms with Crippen LogP contribution in [-0.4, -0.2) is 37.0 Å². The van der Waals surface area contributed by atoms with E-state index in [-0.39, 0.29) is 24.1 Å². The van der Waals surface area contributed by atoms with Gasteiger partial charge in [-0.05, 0) is 49.4 Å². The van der Waals surface area contributed by atoms with Crippen molar-refractivity contribution in [1.82, 2.24) is 10.2 Å². The molecule has 0 saturated carbocycles. The van der Waals surface area contributed by atoms with Crippen molar-refractivity contribution in [3.8, 4) is 11.3 Å². The van der Waals surface area contributed by atoms with E-state index >= 15 is 0 Å². The summed E-state index contributed by atoms with van der Waals surface area (Å²) < 4.78 is 18.6. The third-order valence-electron chi connectivity index (χ3n) is 3.57. The predicted molar refractivity (Wildman–Crippen MR) is 84.7 cm³/mol. The van der Waals surface area contributed by atoms with Crippen molar-refractivity contribution in [3.05, 3.63) is 48.0 Å². The summed E-state index contributed by atoms with van der Waals surface area (Å²) in [5.74, 6) is 0.522. The third kappa shape index (κ3) is 3.67. The first-order valence-electron chi connectivity index (χ1n) is 7.10. The van der Waals surface area contributed by atoms with Gasteiger partial charge in [-0.1, -0.05) is 0 Å². The Bertz CT molecular complexity index is 619. The van der Waals surface area contributed by atoms with Gasteiger partial charge < -0.3 is 14.6 Å². The smallest absolute Gasteiger partial charge is 0.289 e. The van der Waals surface area contributed by atoms with Crippen molar-refractivity contribution in [2.75, 3.05) is 26.2 Å². The Labute approximate surface area is 134 Å². The number of nitrogens with zero attached hydrogens (tertiary/aromatic N) is 1. The van der Waals surface area contributed by atoms with Gasteiger partial charge >= 0.3 is 0 Å². The molecule has 0 radical (unpaired) electrons. The maximum Gasteiger partial charge on any atom is 0.289 e. The first-order chi connectivity index (χ1) is 10.2. The average molecular weight is 325 g/mol. The molecular weight excluding hydrogens is 307 g/mol. The molecule has 1 aromatic heterocycles. The number of carbonyl (C=O) groups excluding carboxylic acids is 1. The second-order valence-corrected chi connectivity index (χ2v) is 5.07. The van der Waals surface area contributed by atoms with E-state index in [2.05, 4.69) is 5.32 Å². The summed E-state index contributed by atoms with van der Waals surface area (Å²) in [6.07, 6.45) is 0.942. The highest BCUT2D eigenvalue weighted by molar-refractivity contribution is 5.92. The van der Waals surface area contributed by atoms with Gasteiger partial charge in [0, 0.05) is 25.2 Å². The molecule has 0 spiro atoms. The molecule has 0 bridgehead atoms. The van der Waals surface area contributed by atoms with Crippen LogP contribution in [0.2, 0.25) is 0 Å². The molecule has 22 heavy (non-hydrogen) atoms. The lowest BCUT2D eigenvalue weighted by Gasteiger charge is -2.18. The topological polar surface area (TPSA) is 45.5 Å². The second-order valence-electron chi connectivity index (χ2n) is 5.07. The Kier molecular flexibility index (Phi) is 5.57. The van der Waals surface area contributed by atoms with Crippen LogP contribution in [0.5, 0.6) is 0 Å². The zero-order valence-corrected chi connectivity index (χ0v) is 12.9. The summed E-state index contributed by atoms with van der Waals surface area (Å²) in [5.41, 5.74) is 0.757. The summed E-state index contributed by atoms with van der Waals surface area (Å²) in [6, 6.07) is 9.45. The van der Waals surface area contributed by atoms with Crippen molar-refractivity contribution >= 4 is 18.3 Å². The van der Waals surface area contributed by atoms with E-state index in [0.29, 0.717) is 18.1 Å². The summed E-state index contributed by atoms with van der Waals surface area (Å²) >= 11 is 0. The van der Waals surface area contributed by atoms with Crippen LogP contribution in [0, 0.1) is 5.82 Å². The van der Waals surface area contributed by atoms with Crippen LogP contribution in [0.25, 0.3) is 11.3 Å². The predicted octanol–water partition coefficient (Wildman–Crippen LogP) is 2.94. The van der Waals surface area contributed by atoms with E-state index in [4.69, 9.17) is 4.42 Å². The molecule has 1 amide bonds. The Morgan fingerprint density at radius 2 is 1.86 bits per heavy atom. The van der Waals surface area contributed by atoms with Crippen LogP contribution in [0.15, 0.2) is 40.8 Å². The molecule has 6 heteroatoms. The van der Waals surface area contributed by atoms with E-state index in [9.17, 15) is 9.18 Å². The van der Waals surface area contributed by atoms with Gasteiger partial charge in [-0.2, -0.15) is 0 Å². The van der Waals surface area contributed by atoms with E-state index < -0.39 is 0 Å². The van der Waals surface area contributed by atoms with Crippen LogP contribution in [0.4, 0.5) is 4.39 Å². The zero-order chi connectivity index (χ0) is 14.7. The molecule has 1 aliphatic heterocycles. The molecule has 118 valence electrons. The third-order valence-corrected chi connectivity index (χ3v) is 3.57. The van der Waals surface area contributed by atoms with E-state index in [1.807, 2.05) is 0 Å². The largest absolute Gasteiger partial charge is 0.451 e. The van der Waals surface area contributed by atoms with Crippen LogP contribution in [0.1, 0.15) is 17.0 Å². The number of hydrogen-bond donors (Lipinski definition) is 1. The molecule has 0 aliphatic carbocycles. The highest BCUT2D eigenvalue weighted by Gasteiger charge is 2.20. The minimum Gasteiger partial charge on any atom is -0.451 e. The zero-order valence-electron chi connectivity index (χ0n) is 12.0. The quantitative estimate of drug-likeness (QED) is 0.924. The molecule has 2 aromatic rings. The normalized spacial score (nSPS) is 15.0. The Morgan fingerprint density at radius 1 is 1.09 bits per heavy atom. The standard InChI is InChI=1S/C16H17FN2O2.ClH/c17-13-4-2-12(3-5-13)14-6-7-15(21-14)16(20)19-10-1-8-18-9-11-19;/h2-7,18H,1,8-11H2;1H. The summed E-state index contributed by atoms with van der Waals surface area (Å²) in [7, 11) is 0. The summed E-state index contributed by atoms with van der Waals surface area (Å²) in [4.78, 5) is 14.2. The van der Waals surface area contributed by atoms with Crippen molar-refractivity contribution in [1.29, 1.82) is 0 Å². The van der Waals surface area contributed by atoms with Gasteiger partial charge in [-0.3, -0.25) is 4.79 Å². The molecule has 1 aromatic carbocycles. The number of halogens is 2. The fourth-order valence-electron chi connectivity index (χ4n) is 2.43. The van der Waals surface area contributed by atoms with Crippen LogP contribution in [-0.2, 0) is 0 Å². The van der Waals surface area contributed by atoms with Gasteiger partial charge in [0.05, 0.1) is 0 Å². The number of amides is 1. The molecule has 1 saturated heterocycles. The summed E-state index contributed by atoms with van der Waals surface area (Å²) in [5, 5.41) is 3.26. The van der Waals surface area contributed by atoms with Gasteiger partial charge in [0.25, 0.3) is 5.91 Å². The number of benzene rings is 1. The van der Waals surface area contributed by atoms with E-state index in [1.54, 1.807) is 29.2 Å². The minimum atomic E-state index is -0.293. The lowest BCUT2D eigenvalue weighted by molar-refractivity contribution is 0.0735. The lowest BCUT2D eigenvalue weighted by Crippen LogP contribution is -2.33. The lowest BCUT2D eigenvalue weighted by atomic mass is 10.2. The first-order valence-corrected chi connectivity index (χ1v) is 7.10. The van der Waals surface area contributed by atoms with Crippen LogP contribution < -0.4 is 5.32 Å². The monoisotopic (exact) mass is 324 g/mol. The van der Waals surface area contributed by atoms with E-state index in [1.165, 1.54) is 12.1 Å². The molecule has 4 nitrogen and oxygen atoms in total. The number of furan rings is 1. The van der Waals surface area contributed by atoms with Crippen molar-refractivity contribution in [3.63, 3.8) is 0 Å². The van der Waals surface area contributed by atoms with Gasteiger partial charge in [0.15, 0.2) is 5.76 Å². The SMILES string of the molecule is Cl.O=C(c1ccc(-c2ccc(F)cc2)o1)N1CCCNCC1. The first kappa shape index (κ1) is 16.5. The molecule has 0 atom stereocenters. The molecule has 2 heterocycles. The minimum absolute atomic E-state index is 0. The number of carbonyl (C=O) groups is 1. The van der Waals surface area contributed by atoms with Gasteiger partial charge in [0.2, 0.25) is 0 Å². The number of nitrogens with one attached hydrogen (secondary N) is 1. The van der Waals surface area contributed by atoms with Crippen molar-refractivity contribution in [2.45, 2.75) is 6.42 Å². The molecule has 0 unspecified atom stereocenters. The Morgan fingerprint density at radius 3 is 2.64 bits per heavy atom. The second kappa shape index (κ2) is 7.42.